The monoisotopic (exact) mass is 367 g/mol. The molecule has 0 fully saturated rings. The van der Waals surface area contributed by atoms with Gasteiger partial charge in [0.15, 0.2) is 11.5 Å². The first-order valence-electron chi connectivity index (χ1n) is 7.56. The highest BCUT2D eigenvalue weighted by Gasteiger charge is 2.17. The molecule has 7 heteroatoms. The third-order valence-corrected chi connectivity index (χ3v) is 5.29. The van der Waals surface area contributed by atoms with E-state index in [2.05, 4.69) is 4.72 Å². The molecule has 0 amide bonds. The third kappa shape index (κ3) is 4.58. The molecular formula is C17H21NO4S2. The van der Waals surface area contributed by atoms with E-state index in [1.54, 1.807) is 30.0 Å². The van der Waals surface area contributed by atoms with Crippen LogP contribution in [0.1, 0.15) is 13.8 Å². The fraction of sp³-hybridized carbons (Fsp3) is 0.294. The van der Waals surface area contributed by atoms with Gasteiger partial charge in [-0.1, -0.05) is 0 Å². The van der Waals surface area contributed by atoms with Crippen molar-refractivity contribution in [2.75, 3.05) is 24.2 Å². The molecule has 130 valence electrons. The Morgan fingerprint density at radius 2 is 1.58 bits per heavy atom. The van der Waals surface area contributed by atoms with Crippen LogP contribution < -0.4 is 14.2 Å². The number of benzene rings is 2. The molecule has 0 atom stereocenters. The Bertz CT molecular complexity index is 774. The topological polar surface area (TPSA) is 64.6 Å². The number of rotatable bonds is 8. The normalized spacial score (nSPS) is 11.1. The third-order valence-electron chi connectivity index (χ3n) is 3.17. The molecule has 0 aliphatic heterocycles. The van der Waals surface area contributed by atoms with E-state index in [9.17, 15) is 8.42 Å². The largest absolute Gasteiger partial charge is 0.490 e. The molecule has 5 nitrogen and oxygen atoms in total. The van der Waals surface area contributed by atoms with Crippen LogP contribution >= 0.6 is 11.8 Å². The lowest BCUT2D eigenvalue weighted by Gasteiger charge is -2.13. The Balaban J connectivity index is 2.28. The van der Waals surface area contributed by atoms with Crippen LogP contribution in [-0.2, 0) is 10.0 Å². The standard InChI is InChI=1S/C17H21NO4S2/c1-4-21-16-11-10-15(12-17(16)22-5-2)24(19,20)18-13-6-8-14(23-3)9-7-13/h6-12,18H,4-5H2,1-3H3. The van der Waals surface area contributed by atoms with Gasteiger partial charge >= 0.3 is 0 Å². The summed E-state index contributed by atoms with van der Waals surface area (Å²) in [4.78, 5) is 1.20. The Morgan fingerprint density at radius 3 is 2.17 bits per heavy atom. The molecule has 1 N–H and O–H groups in total. The Morgan fingerprint density at radius 1 is 0.958 bits per heavy atom. The number of ether oxygens (including phenoxy) is 2. The minimum absolute atomic E-state index is 0.128. The molecule has 0 saturated carbocycles. The van der Waals surface area contributed by atoms with Crippen LogP contribution in [0.5, 0.6) is 11.5 Å². The maximum absolute atomic E-state index is 12.6. The highest BCUT2D eigenvalue weighted by Crippen LogP contribution is 2.31. The molecule has 0 aromatic heterocycles. The molecule has 0 heterocycles. The second-order valence-corrected chi connectivity index (χ2v) is 7.37. The summed E-state index contributed by atoms with van der Waals surface area (Å²) < 4.78 is 38.7. The lowest BCUT2D eigenvalue weighted by molar-refractivity contribution is 0.287. The molecule has 0 spiro atoms. The number of sulfonamides is 1. The van der Waals surface area contributed by atoms with E-state index >= 15 is 0 Å². The zero-order valence-corrected chi connectivity index (χ0v) is 15.5. The second kappa shape index (κ2) is 8.30. The Hall–Kier alpha value is -1.86. The van der Waals surface area contributed by atoms with Crippen molar-refractivity contribution in [3.05, 3.63) is 42.5 Å². The summed E-state index contributed by atoms with van der Waals surface area (Å²) in [7, 11) is -3.70. The molecule has 0 saturated heterocycles. The zero-order chi connectivity index (χ0) is 17.6. The SMILES string of the molecule is CCOc1ccc(S(=O)(=O)Nc2ccc(SC)cc2)cc1OCC. The number of thioether (sulfide) groups is 1. The van der Waals surface area contributed by atoms with E-state index in [1.807, 2.05) is 32.2 Å². The Labute approximate surface area is 147 Å². The molecule has 2 aromatic carbocycles. The number of nitrogens with one attached hydrogen (secondary N) is 1. The first kappa shape index (κ1) is 18.5. The summed E-state index contributed by atoms with van der Waals surface area (Å²) in [5, 5.41) is 0. The van der Waals surface area contributed by atoms with Crippen LogP contribution in [-0.4, -0.2) is 27.9 Å². The van der Waals surface area contributed by atoms with Gasteiger partial charge in [0.2, 0.25) is 0 Å². The van der Waals surface area contributed by atoms with Crippen LogP contribution in [0.15, 0.2) is 52.3 Å². The predicted octanol–water partition coefficient (Wildman–Crippen LogP) is 4.01. The minimum Gasteiger partial charge on any atom is -0.490 e. The second-order valence-electron chi connectivity index (χ2n) is 4.81. The molecule has 0 aliphatic carbocycles. The van der Waals surface area contributed by atoms with Gasteiger partial charge in [-0.25, -0.2) is 8.42 Å². The van der Waals surface area contributed by atoms with Gasteiger partial charge in [-0.3, -0.25) is 4.72 Å². The summed E-state index contributed by atoms with van der Waals surface area (Å²) in [6.45, 7) is 4.60. The first-order valence-corrected chi connectivity index (χ1v) is 10.3. The molecule has 0 aliphatic rings. The molecule has 2 aromatic rings. The van der Waals surface area contributed by atoms with E-state index < -0.39 is 10.0 Å². The number of hydrogen-bond acceptors (Lipinski definition) is 5. The highest BCUT2D eigenvalue weighted by molar-refractivity contribution is 7.98. The van der Waals surface area contributed by atoms with Crippen LogP contribution in [0.25, 0.3) is 0 Å². The quantitative estimate of drug-likeness (QED) is 0.714. The Kier molecular flexibility index (Phi) is 6.39. The number of hydrogen-bond donors (Lipinski definition) is 1. The van der Waals surface area contributed by atoms with Gasteiger partial charge in [0, 0.05) is 16.6 Å². The van der Waals surface area contributed by atoms with E-state index in [-0.39, 0.29) is 4.90 Å². The van der Waals surface area contributed by atoms with Gasteiger partial charge in [0.05, 0.1) is 18.1 Å². The summed E-state index contributed by atoms with van der Waals surface area (Å²) in [6, 6.07) is 11.8. The zero-order valence-electron chi connectivity index (χ0n) is 13.9. The maximum Gasteiger partial charge on any atom is 0.262 e. The van der Waals surface area contributed by atoms with E-state index in [4.69, 9.17) is 9.47 Å². The molecule has 0 unspecified atom stereocenters. The van der Waals surface area contributed by atoms with Crippen molar-refractivity contribution < 1.29 is 17.9 Å². The molecule has 24 heavy (non-hydrogen) atoms. The molecular weight excluding hydrogens is 346 g/mol. The summed E-state index contributed by atoms with van der Waals surface area (Å²) in [5.74, 6) is 0.947. The predicted molar refractivity (Wildman–Crippen MR) is 97.8 cm³/mol. The van der Waals surface area contributed by atoms with Gasteiger partial charge in [-0.15, -0.1) is 11.8 Å². The van der Waals surface area contributed by atoms with Gasteiger partial charge < -0.3 is 9.47 Å². The van der Waals surface area contributed by atoms with Crippen LogP contribution in [0, 0.1) is 0 Å². The van der Waals surface area contributed by atoms with E-state index in [0.29, 0.717) is 30.4 Å². The van der Waals surface area contributed by atoms with Crippen LogP contribution in [0.3, 0.4) is 0 Å². The lowest BCUT2D eigenvalue weighted by Crippen LogP contribution is -2.13. The van der Waals surface area contributed by atoms with Crippen molar-refractivity contribution in [3.63, 3.8) is 0 Å². The van der Waals surface area contributed by atoms with E-state index in [0.717, 1.165) is 4.90 Å². The fourth-order valence-corrected chi connectivity index (χ4v) is 3.55. The minimum atomic E-state index is -3.70. The van der Waals surface area contributed by atoms with E-state index in [1.165, 1.54) is 12.1 Å². The summed E-state index contributed by atoms with van der Waals surface area (Å²) in [6.07, 6.45) is 1.97. The van der Waals surface area contributed by atoms with Gasteiger partial charge in [-0.2, -0.15) is 0 Å². The van der Waals surface area contributed by atoms with Crippen molar-refractivity contribution in [2.24, 2.45) is 0 Å². The van der Waals surface area contributed by atoms with Crippen molar-refractivity contribution >= 4 is 27.5 Å². The van der Waals surface area contributed by atoms with Crippen molar-refractivity contribution in [3.8, 4) is 11.5 Å². The van der Waals surface area contributed by atoms with Gasteiger partial charge in [0.1, 0.15) is 0 Å². The van der Waals surface area contributed by atoms with Crippen LogP contribution in [0.4, 0.5) is 5.69 Å². The maximum atomic E-state index is 12.6. The van der Waals surface area contributed by atoms with Crippen molar-refractivity contribution in [1.29, 1.82) is 0 Å². The highest BCUT2D eigenvalue weighted by atomic mass is 32.2. The summed E-state index contributed by atoms with van der Waals surface area (Å²) in [5.41, 5.74) is 0.514. The summed E-state index contributed by atoms with van der Waals surface area (Å²) >= 11 is 1.60. The molecule has 0 bridgehead atoms. The lowest BCUT2D eigenvalue weighted by atomic mass is 10.3. The first-order chi connectivity index (χ1) is 11.5. The smallest absolute Gasteiger partial charge is 0.262 e. The fourth-order valence-electron chi connectivity index (χ4n) is 2.07. The molecule has 2 rings (SSSR count). The van der Waals surface area contributed by atoms with Gasteiger partial charge in [0.25, 0.3) is 10.0 Å². The van der Waals surface area contributed by atoms with Gasteiger partial charge in [-0.05, 0) is 56.5 Å². The number of anilines is 1. The average molecular weight is 367 g/mol. The van der Waals surface area contributed by atoms with Crippen molar-refractivity contribution in [2.45, 2.75) is 23.6 Å². The van der Waals surface area contributed by atoms with Crippen LogP contribution in [0.2, 0.25) is 0 Å². The average Bonchev–Trinajstić information content (AvgIpc) is 2.57. The molecule has 0 radical (unpaired) electrons. The van der Waals surface area contributed by atoms with Crippen molar-refractivity contribution in [1.82, 2.24) is 0 Å².